The Morgan fingerprint density at radius 3 is 2.10 bits per heavy atom. The van der Waals surface area contributed by atoms with E-state index in [1.807, 2.05) is 44.2 Å². The number of carbonyl (C=O) groups excluding carboxylic acids is 3. The zero-order valence-electron chi connectivity index (χ0n) is 17.1. The highest BCUT2D eigenvalue weighted by Crippen LogP contribution is 2.47. The van der Waals surface area contributed by atoms with Gasteiger partial charge in [-0.3, -0.25) is 14.4 Å². The maximum Gasteiger partial charge on any atom is 0.206 e. The van der Waals surface area contributed by atoms with Crippen LogP contribution in [-0.2, 0) is 14.4 Å². The van der Waals surface area contributed by atoms with Crippen molar-refractivity contribution in [2.45, 2.75) is 64.7 Å². The number of dihydropyridines is 1. The molecule has 1 atom stereocenters. The van der Waals surface area contributed by atoms with Crippen molar-refractivity contribution in [1.82, 2.24) is 5.32 Å². The molecule has 1 heterocycles. The summed E-state index contributed by atoms with van der Waals surface area (Å²) >= 11 is 0. The third-order valence-electron chi connectivity index (χ3n) is 6.20. The van der Waals surface area contributed by atoms with Crippen molar-refractivity contribution in [3.8, 4) is 0 Å². The minimum atomic E-state index is -0.433. The highest BCUT2D eigenvalue weighted by molar-refractivity contribution is 6.27. The van der Waals surface area contributed by atoms with Gasteiger partial charge in [-0.1, -0.05) is 44.2 Å². The Kier molecular flexibility index (Phi) is 5.35. The fourth-order valence-electron chi connectivity index (χ4n) is 4.96. The molecule has 0 radical (unpaired) electrons. The lowest BCUT2D eigenvalue weighted by molar-refractivity contribution is -0.118. The van der Waals surface area contributed by atoms with Crippen molar-refractivity contribution in [2.75, 3.05) is 0 Å². The van der Waals surface area contributed by atoms with Crippen LogP contribution in [0.3, 0.4) is 0 Å². The van der Waals surface area contributed by atoms with Crippen LogP contribution in [0, 0.1) is 0 Å². The third kappa shape index (κ3) is 3.11. The smallest absolute Gasteiger partial charge is 0.206 e. The van der Waals surface area contributed by atoms with Gasteiger partial charge in [-0.05, 0) is 44.1 Å². The van der Waals surface area contributed by atoms with Crippen LogP contribution in [0.5, 0.6) is 0 Å². The first-order valence-electron chi connectivity index (χ1n) is 10.8. The van der Waals surface area contributed by atoms with Crippen molar-refractivity contribution in [2.24, 2.45) is 0 Å². The first-order chi connectivity index (χ1) is 14.2. The molecule has 0 saturated heterocycles. The summed E-state index contributed by atoms with van der Waals surface area (Å²) in [6, 6.07) is 9.68. The molecule has 5 rings (SSSR count). The monoisotopic (exact) mass is 389 g/mol. The van der Waals surface area contributed by atoms with E-state index in [0.29, 0.717) is 47.3 Å². The second-order valence-corrected chi connectivity index (χ2v) is 7.75. The molecule has 0 spiro atoms. The largest absolute Gasteiger partial charge is 0.355 e. The van der Waals surface area contributed by atoms with Gasteiger partial charge in [0.1, 0.15) is 0 Å². The summed E-state index contributed by atoms with van der Waals surface area (Å²) in [7, 11) is 0. The summed E-state index contributed by atoms with van der Waals surface area (Å²) in [5, 5.41) is 3.23. The van der Waals surface area contributed by atoms with E-state index < -0.39 is 5.92 Å². The summed E-state index contributed by atoms with van der Waals surface area (Å²) in [5.41, 5.74) is 4.71. The second-order valence-electron chi connectivity index (χ2n) is 7.75. The zero-order valence-corrected chi connectivity index (χ0v) is 17.1. The van der Waals surface area contributed by atoms with E-state index in [-0.39, 0.29) is 17.3 Å². The van der Waals surface area contributed by atoms with E-state index in [4.69, 9.17) is 0 Å². The van der Waals surface area contributed by atoms with Crippen LogP contribution >= 0.6 is 0 Å². The number of ketones is 3. The number of hydrogen-bond acceptors (Lipinski definition) is 4. The molecule has 0 fully saturated rings. The van der Waals surface area contributed by atoms with Crippen LogP contribution < -0.4 is 5.32 Å². The molecule has 4 aliphatic rings. The Bertz CT molecular complexity index is 979. The molecular weight excluding hydrogens is 362 g/mol. The SMILES string of the molecule is CC.O=C1CCCC2=C1C(c1ccccc1)C1=C(N2)C(=O)C2=C(CCCC2)C1=O. The normalized spacial score (nSPS) is 23.7. The van der Waals surface area contributed by atoms with Gasteiger partial charge >= 0.3 is 0 Å². The fourth-order valence-corrected chi connectivity index (χ4v) is 4.96. The maximum atomic E-state index is 13.5. The molecule has 1 aromatic rings. The van der Waals surface area contributed by atoms with Crippen molar-refractivity contribution in [3.05, 3.63) is 69.6 Å². The van der Waals surface area contributed by atoms with Crippen LogP contribution in [0.15, 0.2) is 64.0 Å². The molecule has 0 bridgehead atoms. The van der Waals surface area contributed by atoms with Gasteiger partial charge in [-0.2, -0.15) is 0 Å². The molecule has 0 aromatic heterocycles. The van der Waals surface area contributed by atoms with Gasteiger partial charge in [0.05, 0.1) is 5.70 Å². The van der Waals surface area contributed by atoms with E-state index in [1.165, 1.54) is 0 Å². The predicted octanol–water partition coefficient (Wildman–Crippen LogP) is 4.68. The van der Waals surface area contributed by atoms with E-state index in [2.05, 4.69) is 5.32 Å². The fraction of sp³-hybridized carbons (Fsp3) is 0.400. The van der Waals surface area contributed by atoms with E-state index in [1.54, 1.807) is 0 Å². The molecule has 1 N–H and O–H groups in total. The molecule has 4 nitrogen and oxygen atoms in total. The second kappa shape index (κ2) is 7.94. The summed E-state index contributed by atoms with van der Waals surface area (Å²) < 4.78 is 0. The van der Waals surface area contributed by atoms with Crippen molar-refractivity contribution < 1.29 is 14.4 Å². The average Bonchev–Trinajstić information content (AvgIpc) is 2.78. The quantitative estimate of drug-likeness (QED) is 0.708. The first-order valence-corrected chi connectivity index (χ1v) is 10.8. The summed E-state index contributed by atoms with van der Waals surface area (Å²) in [5.74, 6) is -0.416. The average molecular weight is 389 g/mol. The van der Waals surface area contributed by atoms with Crippen molar-refractivity contribution in [3.63, 3.8) is 0 Å². The van der Waals surface area contributed by atoms with Crippen molar-refractivity contribution in [1.29, 1.82) is 0 Å². The third-order valence-corrected chi connectivity index (χ3v) is 6.20. The molecule has 4 heteroatoms. The number of benzene rings is 1. The Morgan fingerprint density at radius 2 is 1.41 bits per heavy atom. The Hall–Kier alpha value is -2.75. The standard InChI is InChI=1S/C23H21NO3.C2H6/c25-17-12-6-11-16-19(17)18(13-7-2-1-3-8-13)20-21(24-16)23(27)15-10-5-4-9-14(15)22(20)26;1-2/h1-3,7-8,18,24H,4-6,9-12H2;1-2H3. The Labute approximate surface area is 171 Å². The van der Waals surface area contributed by atoms with Crippen LogP contribution in [0.4, 0.5) is 0 Å². The lowest BCUT2D eigenvalue weighted by Gasteiger charge is -2.38. The minimum Gasteiger partial charge on any atom is -0.355 e. The molecule has 1 aromatic carbocycles. The van der Waals surface area contributed by atoms with Crippen LogP contribution in [0.1, 0.15) is 70.3 Å². The first kappa shape index (κ1) is 19.6. The van der Waals surface area contributed by atoms with E-state index >= 15 is 0 Å². The maximum absolute atomic E-state index is 13.5. The molecular formula is C25H27NO3. The zero-order chi connectivity index (χ0) is 20.5. The van der Waals surface area contributed by atoms with Gasteiger partial charge < -0.3 is 5.32 Å². The molecule has 150 valence electrons. The molecule has 0 amide bonds. The molecule has 0 saturated carbocycles. The van der Waals surface area contributed by atoms with E-state index in [9.17, 15) is 14.4 Å². The summed E-state index contributed by atoms with van der Waals surface area (Å²) in [6.45, 7) is 4.00. The highest BCUT2D eigenvalue weighted by atomic mass is 16.1. The van der Waals surface area contributed by atoms with Crippen molar-refractivity contribution >= 4 is 17.3 Å². The molecule has 1 aliphatic heterocycles. The summed E-state index contributed by atoms with van der Waals surface area (Å²) in [6.07, 6.45) is 5.27. The number of rotatable bonds is 1. The number of hydrogen-bond donors (Lipinski definition) is 1. The number of allylic oxidation sites excluding steroid dienone is 5. The minimum absolute atomic E-state index is 0.0365. The molecule has 3 aliphatic carbocycles. The predicted molar refractivity (Wildman–Crippen MR) is 112 cm³/mol. The van der Waals surface area contributed by atoms with Gasteiger partial charge in [0.2, 0.25) is 5.78 Å². The number of Topliss-reactive ketones (excluding diaryl/α,β-unsaturated/α-hetero) is 3. The van der Waals surface area contributed by atoms with Gasteiger partial charge in [0, 0.05) is 40.3 Å². The lowest BCUT2D eigenvalue weighted by atomic mass is 9.68. The van der Waals surface area contributed by atoms with Gasteiger partial charge in [-0.25, -0.2) is 0 Å². The lowest BCUT2D eigenvalue weighted by Crippen LogP contribution is -2.41. The Balaban J connectivity index is 0.000000994. The summed E-state index contributed by atoms with van der Waals surface area (Å²) in [4.78, 5) is 39.5. The van der Waals surface area contributed by atoms with Crippen LogP contribution in [-0.4, -0.2) is 17.3 Å². The topological polar surface area (TPSA) is 63.2 Å². The number of nitrogens with one attached hydrogen (secondary N) is 1. The molecule has 29 heavy (non-hydrogen) atoms. The van der Waals surface area contributed by atoms with Gasteiger partial charge in [-0.15, -0.1) is 0 Å². The number of carbonyl (C=O) groups is 3. The Morgan fingerprint density at radius 1 is 0.759 bits per heavy atom. The molecule has 1 unspecified atom stereocenters. The van der Waals surface area contributed by atoms with Gasteiger partial charge in [0.15, 0.2) is 11.6 Å². The van der Waals surface area contributed by atoms with Gasteiger partial charge in [0.25, 0.3) is 0 Å². The van der Waals surface area contributed by atoms with Crippen LogP contribution in [0.2, 0.25) is 0 Å². The van der Waals surface area contributed by atoms with E-state index in [0.717, 1.165) is 36.9 Å². The highest BCUT2D eigenvalue weighted by Gasteiger charge is 2.45. The van der Waals surface area contributed by atoms with Crippen LogP contribution in [0.25, 0.3) is 0 Å².